The van der Waals surface area contributed by atoms with Crippen LogP contribution in [0.4, 0.5) is 0 Å². The molecule has 28 heavy (non-hydrogen) atoms. The first-order valence-corrected chi connectivity index (χ1v) is 9.74. The van der Waals surface area contributed by atoms with Gasteiger partial charge in [-0.05, 0) is 60.7 Å². The van der Waals surface area contributed by atoms with Crippen molar-refractivity contribution in [1.29, 1.82) is 0 Å². The topological polar surface area (TPSA) is 60.4 Å². The number of aryl methyl sites for hydroxylation is 1. The van der Waals surface area contributed by atoms with Gasteiger partial charge in [-0.3, -0.25) is 4.90 Å². The summed E-state index contributed by atoms with van der Waals surface area (Å²) in [7, 11) is 1.64. The Morgan fingerprint density at radius 2 is 1.79 bits per heavy atom. The minimum absolute atomic E-state index is 0.0120. The van der Waals surface area contributed by atoms with E-state index < -0.39 is 0 Å². The third-order valence-electron chi connectivity index (χ3n) is 5.49. The third kappa shape index (κ3) is 3.88. The summed E-state index contributed by atoms with van der Waals surface area (Å²) >= 11 is 0. The molecular formula is C22H27NO5. The first kappa shape index (κ1) is 18.9. The molecule has 0 aliphatic carbocycles. The summed E-state index contributed by atoms with van der Waals surface area (Å²) < 4.78 is 21.9. The van der Waals surface area contributed by atoms with Crippen LogP contribution < -0.4 is 18.9 Å². The lowest BCUT2D eigenvalue weighted by atomic mass is 10.0. The zero-order chi connectivity index (χ0) is 19.5. The maximum Gasteiger partial charge on any atom is 0.231 e. The largest absolute Gasteiger partial charge is 0.493 e. The van der Waals surface area contributed by atoms with Gasteiger partial charge in [-0.2, -0.15) is 0 Å². The normalized spacial score (nSPS) is 16.1. The van der Waals surface area contributed by atoms with Gasteiger partial charge >= 0.3 is 0 Å². The fraction of sp³-hybridized carbons (Fsp3) is 0.455. The molecule has 0 saturated heterocycles. The molecule has 1 N–H and O–H groups in total. The number of hydrogen-bond acceptors (Lipinski definition) is 6. The zero-order valence-electron chi connectivity index (χ0n) is 16.4. The molecule has 0 saturated carbocycles. The number of aliphatic hydroxyl groups is 1. The molecular weight excluding hydrogens is 358 g/mol. The van der Waals surface area contributed by atoms with Crippen molar-refractivity contribution in [3.05, 3.63) is 47.0 Å². The molecule has 0 spiro atoms. The Bertz CT molecular complexity index is 805. The van der Waals surface area contributed by atoms with Gasteiger partial charge in [-0.25, -0.2) is 0 Å². The average Bonchev–Trinajstić information content (AvgIpc) is 3.34. The van der Waals surface area contributed by atoms with E-state index in [1.165, 1.54) is 16.7 Å². The fourth-order valence-corrected chi connectivity index (χ4v) is 3.83. The monoisotopic (exact) mass is 385 g/mol. The van der Waals surface area contributed by atoms with Gasteiger partial charge in [0.15, 0.2) is 23.0 Å². The quantitative estimate of drug-likeness (QED) is 0.753. The van der Waals surface area contributed by atoms with Crippen LogP contribution in [0.25, 0.3) is 0 Å². The molecule has 0 amide bonds. The van der Waals surface area contributed by atoms with Gasteiger partial charge < -0.3 is 24.1 Å². The number of rotatable bonds is 8. The van der Waals surface area contributed by atoms with Gasteiger partial charge in [0, 0.05) is 19.1 Å². The van der Waals surface area contributed by atoms with E-state index in [-0.39, 0.29) is 13.2 Å². The summed E-state index contributed by atoms with van der Waals surface area (Å²) in [5.74, 6) is 3.11. The van der Waals surface area contributed by atoms with E-state index in [1.807, 2.05) is 12.1 Å². The van der Waals surface area contributed by atoms with Gasteiger partial charge in [-0.15, -0.1) is 0 Å². The van der Waals surface area contributed by atoms with E-state index in [2.05, 4.69) is 30.0 Å². The summed E-state index contributed by atoms with van der Waals surface area (Å²) in [6.07, 6.45) is 2.02. The molecule has 4 rings (SSSR count). The van der Waals surface area contributed by atoms with Crippen molar-refractivity contribution < 1.29 is 24.1 Å². The van der Waals surface area contributed by atoms with Crippen LogP contribution in [-0.2, 0) is 19.5 Å². The fourth-order valence-electron chi connectivity index (χ4n) is 3.83. The first-order chi connectivity index (χ1) is 13.7. The molecule has 2 aromatic carbocycles. The molecule has 1 atom stereocenters. The van der Waals surface area contributed by atoms with Crippen LogP contribution >= 0.6 is 0 Å². The molecule has 2 heterocycles. The second-order valence-corrected chi connectivity index (χ2v) is 7.32. The van der Waals surface area contributed by atoms with Gasteiger partial charge in [-0.1, -0.05) is 6.07 Å². The van der Waals surface area contributed by atoms with Gasteiger partial charge in [0.1, 0.15) is 6.61 Å². The number of benzene rings is 2. The second kappa shape index (κ2) is 8.29. The minimum atomic E-state index is -0.0120. The maximum atomic E-state index is 8.92. The summed E-state index contributed by atoms with van der Waals surface area (Å²) in [5.41, 5.74) is 3.89. The molecule has 150 valence electrons. The van der Waals surface area contributed by atoms with Gasteiger partial charge in [0.05, 0.1) is 13.7 Å². The van der Waals surface area contributed by atoms with E-state index in [0.29, 0.717) is 24.3 Å². The van der Waals surface area contributed by atoms with Crippen molar-refractivity contribution in [1.82, 2.24) is 4.90 Å². The Morgan fingerprint density at radius 1 is 1.07 bits per heavy atom. The number of nitrogens with zero attached hydrogens (tertiary/aromatic N) is 1. The van der Waals surface area contributed by atoms with Crippen LogP contribution in [0.15, 0.2) is 30.3 Å². The molecule has 6 nitrogen and oxygen atoms in total. The summed E-state index contributed by atoms with van der Waals surface area (Å²) in [6.45, 7) is 4.76. The Morgan fingerprint density at radius 3 is 2.43 bits per heavy atom. The maximum absolute atomic E-state index is 8.92. The predicted octanol–water partition coefficient (Wildman–Crippen LogP) is 3.13. The van der Waals surface area contributed by atoms with E-state index in [9.17, 15) is 0 Å². The highest BCUT2D eigenvalue weighted by atomic mass is 16.7. The van der Waals surface area contributed by atoms with Crippen LogP contribution in [-0.4, -0.2) is 43.2 Å². The van der Waals surface area contributed by atoms with Crippen molar-refractivity contribution in [2.75, 3.05) is 27.1 Å². The van der Waals surface area contributed by atoms with Crippen LogP contribution in [0.3, 0.4) is 0 Å². The number of hydrogen-bond donors (Lipinski definition) is 1. The Kier molecular flexibility index (Phi) is 5.59. The second-order valence-electron chi connectivity index (χ2n) is 7.32. The Labute approximate surface area is 165 Å². The van der Waals surface area contributed by atoms with E-state index in [4.69, 9.17) is 24.1 Å². The average molecular weight is 385 g/mol. The predicted molar refractivity (Wildman–Crippen MR) is 105 cm³/mol. The lowest BCUT2D eigenvalue weighted by Crippen LogP contribution is -2.28. The minimum Gasteiger partial charge on any atom is -0.493 e. The van der Waals surface area contributed by atoms with Crippen LogP contribution in [0.2, 0.25) is 0 Å². The molecule has 2 aliphatic rings. The van der Waals surface area contributed by atoms with Crippen molar-refractivity contribution in [3.8, 4) is 23.0 Å². The molecule has 2 aromatic rings. The molecule has 0 aromatic heterocycles. The number of aliphatic hydroxyl groups excluding tert-OH is 1. The summed E-state index contributed by atoms with van der Waals surface area (Å²) in [6, 6.07) is 10.7. The highest BCUT2D eigenvalue weighted by molar-refractivity contribution is 5.50. The van der Waals surface area contributed by atoms with Crippen molar-refractivity contribution >= 4 is 0 Å². The zero-order valence-corrected chi connectivity index (χ0v) is 16.4. The Hall–Kier alpha value is -2.44. The smallest absolute Gasteiger partial charge is 0.231 e. The van der Waals surface area contributed by atoms with Crippen LogP contribution in [0, 0.1) is 0 Å². The summed E-state index contributed by atoms with van der Waals surface area (Å²) in [4.78, 5) is 2.50. The lowest BCUT2D eigenvalue weighted by Gasteiger charge is -2.24. The number of ether oxygens (including phenoxy) is 4. The lowest BCUT2D eigenvalue weighted by molar-refractivity contribution is 0.173. The number of methoxy groups -OCH3 is 1. The molecule has 0 radical (unpaired) electrons. The van der Waals surface area contributed by atoms with E-state index in [1.54, 1.807) is 7.11 Å². The molecule has 2 aliphatic heterocycles. The van der Waals surface area contributed by atoms with Crippen molar-refractivity contribution in [3.63, 3.8) is 0 Å². The van der Waals surface area contributed by atoms with Crippen molar-refractivity contribution in [2.24, 2.45) is 0 Å². The molecule has 0 unspecified atom stereocenters. The highest BCUT2D eigenvalue weighted by Gasteiger charge is 2.26. The van der Waals surface area contributed by atoms with Gasteiger partial charge in [0.2, 0.25) is 6.79 Å². The molecule has 0 bridgehead atoms. The molecule has 0 fully saturated rings. The molecule has 6 heteroatoms. The standard InChI is InChI=1S/C22H27NO5/c1-15(3-4-16-5-6-19(26-8-7-24)20(9-16)25-2)23-12-17-10-21-22(28-14-27-21)11-18(17)13-23/h5-6,9-11,15,24H,3-4,7-8,12-14H2,1-2H3/t15-/m1/s1. The van der Waals surface area contributed by atoms with E-state index >= 15 is 0 Å². The van der Waals surface area contributed by atoms with Gasteiger partial charge in [0.25, 0.3) is 0 Å². The summed E-state index contributed by atoms with van der Waals surface area (Å²) in [5, 5.41) is 8.92. The van der Waals surface area contributed by atoms with Crippen LogP contribution in [0.5, 0.6) is 23.0 Å². The SMILES string of the molecule is COc1cc(CC[C@@H](C)N2Cc3cc4c(cc3C2)OCO4)ccc1OCCO. The first-order valence-electron chi connectivity index (χ1n) is 9.74. The number of fused-ring (bicyclic) bond motifs is 2. The Balaban J connectivity index is 1.35. The third-order valence-corrected chi connectivity index (χ3v) is 5.49. The van der Waals surface area contributed by atoms with E-state index in [0.717, 1.165) is 37.4 Å². The van der Waals surface area contributed by atoms with Crippen molar-refractivity contribution in [2.45, 2.75) is 38.9 Å². The van der Waals surface area contributed by atoms with Crippen LogP contribution in [0.1, 0.15) is 30.0 Å². The highest BCUT2D eigenvalue weighted by Crippen LogP contribution is 2.38.